The summed E-state index contributed by atoms with van der Waals surface area (Å²) in [6, 6.07) is 19.2. The summed E-state index contributed by atoms with van der Waals surface area (Å²) in [7, 11) is 3.17. The van der Waals surface area contributed by atoms with Gasteiger partial charge in [-0.3, -0.25) is 0 Å². The van der Waals surface area contributed by atoms with E-state index < -0.39 is 0 Å². The van der Waals surface area contributed by atoms with Crippen molar-refractivity contribution >= 4 is 11.0 Å². The van der Waals surface area contributed by atoms with Crippen LogP contribution in [0.15, 0.2) is 59.0 Å². The number of para-hydroxylation sites is 1. The number of hydrogen-bond acceptors (Lipinski definition) is 6. The lowest BCUT2D eigenvalue weighted by molar-refractivity contribution is 0.326. The van der Waals surface area contributed by atoms with Gasteiger partial charge in [0.05, 0.1) is 20.8 Å². The molecule has 0 bridgehead atoms. The molecule has 0 fully saturated rings. The van der Waals surface area contributed by atoms with Crippen molar-refractivity contribution in [3.05, 3.63) is 60.2 Å². The summed E-state index contributed by atoms with van der Waals surface area (Å²) in [5, 5.41) is 10.8. The summed E-state index contributed by atoms with van der Waals surface area (Å²) in [5.41, 5.74) is 3.04. The SMILES string of the molecule is CCOc1nc(-c2cc3ccccc3o2)cc(-c2ccc(OC)cc2OC)c1C#N. The highest BCUT2D eigenvalue weighted by Crippen LogP contribution is 2.40. The van der Waals surface area contributed by atoms with Crippen LogP contribution in [0.25, 0.3) is 33.6 Å². The molecule has 0 atom stereocenters. The number of furan rings is 1. The lowest BCUT2D eigenvalue weighted by Gasteiger charge is -2.15. The van der Waals surface area contributed by atoms with Gasteiger partial charge < -0.3 is 18.6 Å². The molecule has 0 aliphatic carbocycles. The van der Waals surface area contributed by atoms with Gasteiger partial charge in [-0.2, -0.15) is 5.26 Å². The molecule has 6 heteroatoms. The van der Waals surface area contributed by atoms with Crippen LogP contribution < -0.4 is 14.2 Å². The van der Waals surface area contributed by atoms with Gasteiger partial charge in [0.15, 0.2) is 5.76 Å². The first-order valence-corrected chi connectivity index (χ1v) is 9.47. The van der Waals surface area contributed by atoms with Crippen LogP contribution in [0.2, 0.25) is 0 Å². The number of nitriles is 1. The Morgan fingerprint density at radius 1 is 1.00 bits per heavy atom. The molecule has 4 rings (SSSR count). The summed E-state index contributed by atoms with van der Waals surface area (Å²) < 4.78 is 22.6. The molecule has 0 amide bonds. The second-order valence-electron chi connectivity index (χ2n) is 6.49. The van der Waals surface area contributed by atoms with Gasteiger partial charge in [-0.15, -0.1) is 0 Å². The van der Waals surface area contributed by atoms with Crippen LogP contribution in [0.1, 0.15) is 12.5 Å². The predicted octanol–water partition coefficient (Wildman–Crippen LogP) is 5.45. The summed E-state index contributed by atoms with van der Waals surface area (Å²) in [6.45, 7) is 2.23. The molecule has 0 aliphatic heterocycles. The molecule has 0 unspecified atom stereocenters. The zero-order chi connectivity index (χ0) is 21.1. The molecule has 2 aromatic carbocycles. The Kier molecular flexibility index (Phi) is 5.27. The Hall–Kier alpha value is -3.98. The van der Waals surface area contributed by atoms with E-state index in [1.807, 2.05) is 55.5 Å². The maximum absolute atomic E-state index is 9.87. The standard InChI is InChI=1S/C24H20N2O4/c1-4-29-24-19(14-25)18(17-10-9-16(27-2)12-22(17)28-3)13-20(26-24)23-11-15-7-5-6-8-21(15)30-23/h5-13H,4H2,1-3H3. The molecule has 4 aromatic rings. The molecule has 0 radical (unpaired) electrons. The first-order chi connectivity index (χ1) is 14.7. The molecular weight excluding hydrogens is 380 g/mol. The molecule has 150 valence electrons. The van der Waals surface area contributed by atoms with Crippen LogP contribution in [-0.2, 0) is 0 Å². The number of ether oxygens (including phenoxy) is 3. The van der Waals surface area contributed by atoms with Crippen LogP contribution in [-0.4, -0.2) is 25.8 Å². The minimum atomic E-state index is 0.255. The molecule has 0 saturated heterocycles. The highest BCUT2D eigenvalue weighted by atomic mass is 16.5. The fraction of sp³-hybridized carbons (Fsp3) is 0.167. The van der Waals surface area contributed by atoms with Gasteiger partial charge in [0, 0.05) is 22.6 Å². The number of aromatic nitrogens is 1. The van der Waals surface area contributed by atoms with Crippen LogP contribution in [0.5, 0.6) is 17.4 Å². The minimum absolute atomic E-state index is 0.255. The van der Waals surface area contributed by atoms with Crippen LogP contribution in [0, 0.1) is 11.3 Å². The molecule has 0 aliphatic rings. The third-order valence-electron chi connectivity index (χ3n) is 4.76. The molecule has 6 nitrogen and oxygen atoms in total. The third kappa shape index (κ3) is 3.42. The second-order valence-corrected chi connectivity index (χ2v) is 6.49. The first-order valence-electron chi connectivity index (χ1n) is 9.47. The van der Waals surface area contributed by atoms with E-state index in [1.165, 1.54) is 0 Å². The number of fused-ring (bicyclic) bond motifs is 1. The van der Waals surface area contributed by atoms with Crippen molar-refractivity contribution in [2.45, 2.75) is 6.92 Å². The van der Waals surface area contributed by atoms with E-state index >= 15 is 0 Å². The number of pyridine rings is 1. The highest BCUT2D eigenvalue weighted by Gasteiger charge is 2.20. The number of hydrogen-bond donors (Lipinski definition) is 0. The van der Waals surface area contributed by atoms with E-state index in [0.29, 0.717) is 40.7 Å². The van der Waals surface area contributed by atoms with Gasteiger partial charge >= 0.3 is 0 Å². The largest absolute Gasteiger partial charge is 0.497 e. The van der Waals surface area contributed by atoms with Gasteiger partial charge in [-0.25, -0.2) is 4.98 Å². The Morgan fingerprint density at radius 3 is 2.53 bits per heavy atom. The fourth-order valence-corrected chi connectivity index (χ4v) is 3.34. The number of benzene rings is 2. The van der Waals surface area contributed by atoms with Crippen LogP contribution >= 0.6 is 0 Å². The first kappa shape index (κ1) is 19.3. The van der Waals surface area contributed by atoms with Crippen molar-refractivity contribution in [3.8, 4) is 46.0 Å². The maximum atomic E-state index is 9.87. The number of methoxy groups -OCH3 is 2. The smallest absolute Gasteiger partial charge is 0.232 e. The molecular formula is C24H20N2O4. The van der Waals surface area contributed by atoms with E-state index in [-0.39, 0.29) is 5.88 Å². The van der Waals surface area contributed by atoms with Gasteiger partial charge in [0.25, 0.3) is 0 Å². The van der Waals surface area contributed by atoms with Crippen molar-refractivity contribution < 1.29 is 18.6 Å². The van der Waals surface area contributed by atoms with E-state index in [2.05, 4.69) is 11.1 Å². The normalized spacial score (nSPS) is 10.6. The summed E-state index contributed by atoms with van der Waals surface area (Å²) in [5.74, 6) is 2.09. The average Bonchev–Trinajstić information content (AvgIpc) is 3.22. The molecule has 0 saturated carbocycles. The quantitative estimate of drug-likeness (QED) is 0.428. The van der Waals surface area contributed by atoms with Crippen molar-refractivity contribution in [2.24, 2.45) is 0 Å². The van der Waals surface area contributed by atoms with Gasteiger partial charge in [-0.05, 0) is 37.3 Å². The van der Waals surface area contributed by atoms with Gasteiger partial charge in [-0.1, -0.05) is 18.2 Å². The van der Waals surface area contributed by atoms with Crippen molar-refractivity contribution in [2.75, 3.05) is 20.8 Å². The minimum Gasteiger partial charge on any atom is -0.497 e. The van der Waals surface area contributed by atoms with Crippen LogP contribution in [0.3, 0.4) is 0 Å². The average molecular weight is 400 g/mol. The molecule has 30 heavy (non-hydrogen) atoms. The maximum Gasteiger partial charge on any atom is 0.232 e. The molecule has 0 spiro atoms. The lowest BCUT2D eigenvalue weighted by Crippen LogP contribution is -2.01. The van der Waals surface area contributed by atoms with E-state index in [9.17, 15) is 5.26 Å². The van der Waals surface area contributed by atoms with Crippen LogP contribution in [0.4, 0.5) is 0 Å². The molecule has 2 aromatic heterocycles. The Bertz CT molecular complexity index is 1220. The topological polar surface area (TPSA) is 77.5 Å². The Morgan fingerprint density at radius 2 is 1.83 bits per heavy atom. The number of rotatable bonds is 6. The van der Waals surface area contributed by atoms with Gasteiger partial charge in [0.2, 0.25) is 5.88 Å². The van der Waals surface area contributed by atoms with E-state index in [4.69, 9.17) is 18.6 Å². The second kappa shape index (κ2) is 8.18. The third-order valence-corrected chi connectivity index (χ3v) is 4.76. The van der Waals surface area contributed by atoms with Crippen molar-refractivity contribution in [3.63, 3.8) is 0 Å². The monoisotopic (exact) mass is 400 g/mol. The summed E-state index contributed by atoms with van der Waals surface area (Å²) in [4.78, 5) is 4.57. The van der Waals surface area contributed by atoms with Crippen molar-refractivity contribution in [1.82, 2.24) is 4.98 Å². The Balaban J connectivity index is 1.96. The summed E-state index contributed by atoms with van der Waals surface area (Å²) >= 11 is 0. The highest BCUT2D eigenvalue weighted by molar-refractivity contribution is 5.85. The molecule has 2 heterocycles. The Labute approximate surface area is 174 Å². The molecule has 0 N–H and O–H groups in total. The summed E-state index contributed by atoms with van der Waals surface area (Å²) in [6.07, 6.45) is 0. The van der Waals surface area contributed by atoms with Gasteiger partial charge in [0.1, 0.15) is 34.4 Å². The van der Waals surface area contributed by atoms with Crippen molar-refractivity contribution in [1.29, 1.82) is 5.26 Å². The zero-order valence-corrected chi connectivity index (χ0v) is 16.9. The number of nitrogens with zero attached hydrogens (tertiary/aromatic N) is 2. The van der Waals surface area contributed by atoms with E-state index in [1.54, 1.807) is 20.3 Å². The van der Waals surface area contributed by atoms with E-state index in [0.717, 1.165) is 16.5 Å². The fourth-order valence-electron chi connectivity index (χ4n) is 3.34. The zero-order valence-electron chi connectivity index (χ0n) is 16.9. The lowest BCUT2D eigenvalue weighted by atomic mass is 9.99. The predicted molar refractivity (Wildman–Crippen MR) is 114 cm³/mol.